The summed E-state index contributed by atoms with van der Waals surface area (Å²) in [5.74, 6) is 4.34. The average molecular weight is 481 g/mol. The van der Waals surface area contributed by atoms with Crippen LogP contribution >= 0.6 is 11.6 Å². The monoisotopic (exact) mass is 480 g/mol. The van der Waals surface area contributed by atoms with Crippen LogP contribution in [0.15, 0.2) is 48.5 Å². The lowest BCUT2D eigenvalue weighted by molar-refractivity contribution is 0.354. The molecule has 0 spiro atoms. The van der Waals surface area contributed by atoms with Gasteiger partial charge in [-0.05, 0) is 42.3 Å². The van der Waals surface area contributed by atoms with Crippen molar-refractivity contribution >= 4 is 17.5 Å². The lowest BCUT2D eigenvalue weighted by Crippen LogP contribution is -2.08. The number of hydrogen-bond acceptors (Lipinski definition) is 8. The van der Waals surface area contributed by atoms with Crippen LogP contribution in [0.25, 0.3) is 5.82 Å². The Bertz CT molecular complexity index is 1260. The fourth-order valence-electron chi connectivity index (χ4n) is 3.44. The predicted molar refractivity (Wildman–Crippen MR) is 129 cm³/mol. The molecule has 2 heterocycles. The van der Waals surface area contributed by atoms with Crippen LogP contribution in [0.4, 0.5) is 5.95 Å². The minimum absolute atomic E-state index is 0.336. The predicted octanol–water partition coefficient (Wildman–Crippen LogP) is 4.25. The molecule has 176 valence electrons. The van der Waals surface area contributed by atoms with Crippen molar-refractivity contribution in [1.29, 1.82) is 0 Å². The maximum absolute atomic E-state index is 6.19. The van der Waals surface area contributed by atoms with E-state index in [1.54, 1.807) is 39.0 Å². The zero-order valence-electron chi connectivity index (χ0n) is 19.4. The summed E-state index contributed by atoms with van der Waals surface area (Å²) >= 11 is 6.19. The first kappa shape index (κ1) is 23.3. The van der Waals surface area contributed by atoms with Gasteiger partial charge in [-0.15, -0.1) is 5.10 Å². The molecule has 1 N–H and O–H groups in total. The highest BCUT2D eigenvalue weighted by Crippen LogP contribution is 2.29. The summed E-state index contributed by atoms with van der Waals surface area (Å²) < 4.78 is 17.7. The van der Waals surface area contributed by atoms with Crippen molar-refractivity contribution in [1.82, 2.24) is 24.7 Å². The van der Waals surface area contributed by atoms with Crippen molar-refractivity contribution in [2.24, 2.45) is 0 Å². The van der Waals surface area contributed by atoms with E-state index in [1.807, 2.05) is 42.5 Å². The zero-order chi connectivity index (χ0) is 24.1. The lowest BCUT2D eigenvalue weighted by Gasteiger charge is -2.10. The van der Waals surface area contributed by atoms with E-state index in [0.717, 1.165) is 16.9 Å². The molecule has 0 unspecified atom stereocenters. The molecule has 2 aromatic heterocycles. The minimum Gasteiger partial charge on any atom is -0.497 e. The van der Waals surface area contributed by atoms with Gasteiger partial charge in [0.05, 0.1) is 21.3 Å². The summed E-state index contributed by atoms with van der Waals surface area (Å²) in [6, 6.07) is 15.2. The van der Waals surface area contributed by atoms with Crippen LogP contribution in [0.5, 0.6) is 17.2 Å². The standard InChI is InChI=1S/C24H25ClN6O3/c1-15-27-21(25)13-23(28-15)31-22(12-17-7-10-19(33-3)20(11-17)34-4)29-24(30-31)26-14-16-5-8-18(32-2)9-6-16/h5-11,13H,12,14H2,1-4H3,(H,26,30). The quantitative estimate of drug-likeness (QED) is 0.355. The lowest BCUT2D eigenvalue weighted by atomic mass is 10.1. The zero-order valence-corrected chi connectivity index (χ0v) is 20.1. The molecule has 0 amide bonds. The second kappa shape index (κ2) is 10.4. The smallest absolute Gasteiger partial charge is 0.243 e. The van der Waals surface area contributed by atoms with Crippen LogP contribution in [0.3, 0.4) is 0 Å². The van der Waals surface area contributed by atoms with Gasteiger partial charge in [0, 0.05) is 19.0 Å². The number of halogens is 1. The Labute approximate surface area is 202 Å². The third kappa shape index (κ3) is 5.37. The van der Waals surface area contributed by atoms with E-state index < -0.39 is 0 Å². The first-order valence-corrected chi connectivity index (χ1v) is 10.9. The maximum Gasteiger partial charge on any atom is 0.243 e. The maximum atomic E-state index is 6.19. The molecule has 2 aromatic carbocycles. The Morgan fingerprint density at radius 3 is 2.26 bits per heavy atom. The normalized spacial score (nSPS) is 10.7. The number of rotatable bonds is 9. The Kier molecular flexibility index (Phi) is 7.12. The van der Waals surface area contributed by atoms with Crippen LogP contribution in [0, 0.1) is 6.92 Å². The van der Waals surface area contributed by atoms with Gasteiger partial charge >= 0.3 is 0 Å². The van der Waals surface area contributed by atoms with Gasteiger partial charge in [0.2, 0.25) is 5.95 Å². The van der Waals surface area contributed by atoms with E-state index in [1.165, 1.54) is 0 Å². The number of nitrogens with zero attached hydrogens (tertiary/aromatic N) is 5. The summed E-state index contributed by atoms with van der Waals surface area (Å²) in [5, 5.41) is 8.26. The second-order valence-electron chi connectivity index (χ2n) is 7.43. The molecule has 0 aliphatic heterocycles. The Morgan fingerprint density at radius 2 is 1.59 bits per heavy atom. The number of aryl methyl sites for hydroxylation is 1. The Morgan fingerprint density at radius 1 is 0.853 bits per heavy atom. The highest BCUT2D eigenvalue weighted by molar-refractivity contribution is 6.29. The van der Waals surface area contributed by atoms with E-state index in [9.17, 15) is 0 Å². The Balaban J connectivity index is 1.65. The van der Waals surface area contributed by atoms with Crippen molar-refractivity contribution in [3.05, 3.63) is 76.5 Å². The largest absolute Gasteiger partial charge is 0.497 e. The molecule has 4 rings (SSSR count). The van der Waals surface area contributed by atoms with Crippen molar-refractivity contribution in [2.75, 3.05) is 26.6 Å². The van der Waals surface area contributed by atoms with Crippen molar-refractivity contribution in [3.8, 4) is 23.1 Å². The van der Waals surface area contributed by atoms with Gasteiger partial charge in [0.15, 0.2) is 17.3 Å². The Hall–Kier alpha value is -3.85. The minimum atomic E-state index is 0.336. The van der Waals surface area contributed by atoms with E-state index in [2.05, 4.69) is 20.4 Å². The van der Waals surface area contributed by atoms with Crippen LogP contribution < -0.4 is 19.5 Å². The highest BCUT2D eigenvalue weighted by Gasteiger charge is 2.16. The van der Waals surface area contributed by atoms with Crippen molar-refractivity contribution < 1.29 is 14.2 Å². The van der Waals surface area contributed by atoms with Crippen LogP contribution in [0.1, 0.15) is 22.8 Å². The number of nitrogens with one attached hydrogen (secondary N) is 1. The van der Waals surface area contributed by atoms with Gasteiger partial charge < -0.3 is 19.5 Å². The molecule has 4 aromatic rings. The van der Waals surface area contributed by atoms with E-state index in [0.29, 0.717) is 53.0 Å². The number of aromatic nitrogens is 5. The average Bonchev–Trinajstić information content (AvgIpc) is 3.25. The number of methoxy groups -OCH3 is 3. The van der Waals surface area contributed by atoms with Crippen LogP contribution in [-0.2, 0) is 13.0 Å². The molecular weight excluding hydrogens is 456 g/mol. The molecule has 34 heavy (non-hydrogen) atoms. The molecule has 0 aliphatic carbocycles. The third-order valence-corrected chi connectivity index (χ3v) is 5.30. The molecule has 0 saturated carbocycles. The topological polar surface area (TPSA) is 96.2 Å². The van der Waals surface area contributed by atoms with E-state index in [-0.39, 0.29) is 0 Å². The van der Waals surface area contributed by atoms with Crippen LogP contribution in [-0.4, -0.2) is 46.1 Å². The van der Waals surface area contributed by atoms with Crippen molar-refractivity contribution in [3.63, 3.8) is 0 Å². The van der Waals surface area contributed by atoms with Gasteiger partial charge in [0.25, 0.3) is 0 Å². The molecule has 0 atom stereocenters. The highest BCUT2D eigenvalue weighted by atomic mass is 35.5. The summed E-state index contributed by atoms with van der Waals surface area (Å²) in [4.78, 5) is 13.4. The fourth-order valence-corrected chi connectivity index (χ4v) is 3.66. The second-order valence-corrected chi connectivity index (χ2v) is 7.81. The number of anilines is 1. The number of hydrogen-bond donors (Lipinski definition) is 1. The van der Waals surface area contributed by atoms with Gasteiger partial charge in [-0.2, -0.15) is 9.67 Å². The molecule has 0 aliphatic rings. The number of benzene rings is 2. The molecular formula is C24H25ClN6O3. The summed E-state index contributed by atoms with van der Waals surface area (Å²) in [6.45, 7) is 2.33. The summed E-state index contributed by atoms with van der Waals surface area (Å²) in [7, 11) is 4.86. The van der Waals surface area contributed by atoms with Gasteiger partial charge in [-0.25, -0.2) is 9.97 Å². The third-order valence-electron chi connectivity index (χ3n) is 5.10. The SMILES string of the molecule is COc1ccc(CNc2nc(Cc3ccc(OC)c(OC)c3)n(-c3cc(Cl)nc(C)n3)n2)cc1. The van der Waals surface area contributed by atoms with Gasteiger partial charge in [-0.1, -0.05) is 29.8 Å². The molecule has 0 radical (unpaired) electrons. The van der Waals surface area contributed by atoms with Gasteiger partial charge in [0.1, 0.15) is 22.6 Å². The van der Waals surface area contributed by atoms with Crippen LogP contribution in [0.2, 0.25) is 5.15 Å². The first-order valence-electron chi connectivity index (χ1n) is 10.5. The molecule has 10 heteroatoms. The molecule has 0 bridgehead atoms. The molecule has 9 nitrogen and oxygen atoms in total. The molecule has 0 saturated heterocycles. The van der Waals surface area contributed by atoms with Gasteiger partial charge in [-0.3, -0.25) is 0 Å². The summed E-state index contributed by atoms with van der Waals surface area (Å²) in [6.07, 6.45) is 0.484. The number of ether oxygens (including phenoxy) is 3. The van der Waals surface area contributed by atoms with E-state index >= 15 is 0 Å². The fraction of sp³-hybridized carbons (Fsp3) is 0.250. The molecule has 0 fully saturated rings. The van der Waals surface area contributed by atoms with E-state index in [4.69, 9.17) is 30.8 Å². The summed E-state index contributed by atoms with van der Waals surface area (Å²) in [5.41, 5.74) is 2.05. The first-order chi connectivity index (χ1) is 16.5. The van der Waals surface area contributed by atoms with Crippen molar-refractivity contribution in [2.45, 2.75) is 19.9 Å².